The van der Waals surface area contributed by atoms with Gasteiger partial charge in [0.2, 0.25) is 0 Å². The first-order valence-electron chi connectivity index (χ1n) is 8.92. The first-order valence-corrected chi connectivity index (χ1v) is 10.8. The van der Waals surface area contributed by atoms with Crippen LogP contribution in [0.25, 0.3) is 22.1 Å². The minimum absolute atomic E-state index is 0.142. The van der Waals surface area contributed by atoms with Crippen molar-refractivity contribution in [2.45, 2.75) is 11.5 Å². The van der Waals surface area contributed by atoms with E-state index in [0.717, 1.165) is 11.8 Å². The number of hydrogen-bond acceptors (Lipinski definition) is 5. The molecule has 0 spiro atoms. The average molecular weight is 409 g/mol. The van der Waals surface area contributed by atoms with Crippen molar-refractivity contribution in [1.29, 1.82) is 0 Å². The van der Waals surface area contributed by atoms with Crippen LogP contribution < -0.4 is 10.3 Å². The van der Waals surface area contributed by atoms with Gasteiger partial charge >= 0.3 is 0 Å². The highest BCUT2D eigenvalue weighted by atomic mass is 32.2. The maximum atomic E-state index is 12.3. The number of ether oxygens (including phenoxy) is 1. The molecule has 0 N–H and O–H groups in total. The largest absolute Gasteiger partial charge is 0.489 e. The lowest BCUT2D eigenvalue weighted by Gasteiger charge is -2.12. The van der Waals surface area contributed by atoms with E-state index >= 15 is 0 Å². The fourth-order valence-electron chi connectivity index (χ4n) is 3.16. The second-order valence-electron chi connectivity index (χ2n) is 6.86. The molecule has 2 heterocycles. The number of aromatic nitrogens is 1. The molecule has 0 bridgehead atoms. The van der Waals surface area contributed by atoms with Crippen LogP contribution in [-0.2, 0) is 23.5 Å². The van der Waals surface area contributed by atoms with Crippen molar-refractivity contribution in [2.24, 2.45) is 7.05 Å². The van der Waals surface area contributed by atoms with Crippen molar-refractivity contribution in [1.82, 2.24) is 4.57 Å². The maximum Gasteiger partial charge on any atom is 0.293 e. The van der Waals surface area contributed by atoms with Gasteiger partial charge in [-0.15, -0.1) is 0 Å². The standard InChI is InChI=1S/C22H19NO5S/c1-23-13-20(19-8-9-27-21(19)22(23)24)16-10-17(12-18(11-16)29(2,25)26)28-14-15-6-4-3-5-7-15/h3-13H,14H2,1-2H3. The number of sulfone groups is 1. The molecule has 0 amide bonds. The number of furan rings is 1. The molecular weight excluding hydrogens is 390 g/mol. The van der Waals surface area contributed by atoms with E-state index in [2.05, 4.69) is 0 Å². The molecule has 2 aromatic heterocycles. The van der Waals surface area contributed by atoms with Crippen molar-refractivity contribution in [3.63, 3.8) is 0 Å². The fraction of sp³-hybridized carbons (Fsp3) is 0.136. The summed E-state index contributed by atoms with van der Waals surface area (Å²) in [5.41, 5.74) is 2.25. The van der Waals surface area contributed by atoms with Crippen LogP contribution >= 0.6 is 0 Å². The van der Waals surface area contributed by atoms with Crippen LogP contribution in [0.5, 0.6) is 5.75 Å². The second-order valence-corrected chi connectivity index (χ2v) is 8.88. The summed E-state index contributed by atoms with van der Waals surface area (Å²) >= 11 is 0. The minimum Gasteiger partial charge on any atom is -0.489 e. The molecule has 4 aromatic rings. The Morgan fingerprint density at radius 3 is 2.55 bits per heavy atom. The van der Waals surface area contributed by atoms with Gasteiger partial charge in [-0.3, -0.25) is 4.79 Å². The Morgan fingerprint density at radius 2 is 1.83 bits per heavy atom. The zero-order chi connectivity index (χ0) is 20.6. The third kappa shape index (κ3) is 3.82. The van der Waals surface area contributed by atoms with E-state index in [1.165, 1.54) is 16.9 Å². The number of hydrogen-bond donors (Lipinski definition) is 0. The molecule has 0 fully saturated rings. The van der Waals surface area contributed by atoms with Gasteiger partial charge in [-0.1, -0.05) is 30.3 Å². The van der Waals surface area contributed by atoms with Crippen molar-refractivity contribution in [3.8, 4) is 16.9 Å². The van der Waals surface area contributed by atoms with Crippen LogP contribution in [0.4, 0.5) is 0 Å². The van der Waals surface area contributed by atoms with E-state index in [-0.39, 0.29) is 16.0 Å². The lowest BCUT2D eigenvalue weighted by Crippen LogP contribution is -2.15. The molecular formula is C22H19NO5S. The molecule has 4 rings (SSSR count). The Hall–Kier alpha value is -3.32. The Labute approximate surface area is 167 Å². The summed E-state index contributed by atoms with van der Waals surface area (Å²) in [7, 11) is -1.84. The SMILES string of the molecule is Cn1cc(-c2cc(OCc3ccccc3)cc(S(C)(=O)=O)c2)c2ccoc2c1=O. The molecule has 148 valence electrons. The highest BCUT2D eigenvalue weighted by Crippen LogP contribution is 2.32. The zero-order valence-corrected chi connectivity index (χ0v) is 16.8. The number of fused-ring (bicyclic) bond motifs is 1. The molecule has 0 unspecified atom stereocenters. The Kier molecular flexibility index (Phi) is 4.76. The van der Waals surface area contributed by atoms with E-state index in [9.17, 15) is 13.2 Å². The van der Waals surface area contributed by atoms with E-state index in [1.54, 1.807) is 31.4 Å². The minimum atomic E-state index is -3.47. The number of rotatable bonds is 5. The molecule has 0 atom stereocenters. The molecule has 0 aliphatic heterocycles. The van der Waals surface area contributed by atoms with Gasteiger partial charge in [0.25, 0.3) is 5.56 Å². The van der Waals surface area contributed by atoms with Gasteiger partial charge in [0.05, 0.1) is 11.2 Å². The predicted octanol–water partition coefficient (Wildman–Crippen LogP) is 3.78. The van der Waals surface area contributed by atoms with Gasteiger partial charge in [-0.05, 0) is 35.4 Å². The number of aryl methyl sites for hydroxylation is 1. The summed E-state index contributed by atoms with van der Waals surface area (Å²) in [5, 5.41) is 0.618. The summed E-state index contributed by atoms with van der Waals surface area (Å²) < 4.78 is 37.1. The van der Waals surface area contributed by atoms with Gasteiger partial charge in [0.1, 0.15) is 12.4 Å². The third-order valence-electron chi connectivity index (χ3n) is 4.66. The van der Waals surface area contributed by atoms with Crippen LogP contribution in [0.3, 0.4) is 0 Å². The monoisotopic (exact) mass is 409 g/mol. The molecule has 0 saturated carbocycles. The van der Waals surface area contributed by atoms with Gasteiger partial charge in [0.15, 0.2) is 15.4 Å². The second kappa shape index (κ2) is 7.25. The normalized spacial score (nSPS) is 11.7. The third-order valence-corrected chi connectivity index (χ3v) is 5.75. The summed E-state index contributed by atoms with van der Waals surface area (Å²) in [5.74, 6) is 0.428. The van der Waals surface area contributed by atoms with Gasteiger partial charge < -0.3 is 13.7 Å². The van der Waals surface area contributed by atoms with Crippen LogP contribution in [0.15, 0.2) is 81.2 Å². The predicted molar refractivity (Wildman–Crippen MR) is 111 cm³/mol. The van der Waals surface area contributed by atoms with Crippen LogP contribution in [-0.4, -0.2) is 19.2 Å². The summed E-state index contributed by atoms with van der Waals surface area (Å²) in [4.78, 5) is 12.4. The lowest BCUT2D eigenvalue weighted by molar-refractivity contribution is 0.305. The van der Waals surface area contributed by atoms with Crippen molar-refractivity contribution >= 4 is 20.8 Å². The lowest BCUT2D eigenvalue weighted by atomic mass is 10.0. The topological polar surface area (TPSA) is 78.5 Å². The Morgan fingerprint density at radius 1 is 1.07 bits per heavy atom. The Bertz CT molecular complexity index is 1350. The highest BCUT2D eigenvalue weighted by molar-refractivity contribution is 7.90. The van der Waals surface area contributed by atoms with E-state index < -0.39 is 9.84 Å². The van der Waals surface area contributed by atoms with E-state index in [1.807, 2.05) is 30.3 Å². The molecule has 7 heteroatoms. The molecule has 29 heavy (non-hydrogen) atoms. The Balaban J connectivity index is 1.84. The highest BCUT2D eigenvalue weighted by Gasteiger charge is 2.16. The quantitative estimate of drug-likeness (QED) is 0.501. The summed E-state index contributed by atoms with van der Waals surface area (Å²) in [6.45, 7) is 0.307. The van der Waals surface area contributed by atoms with Crippen LogP contribution in [0.1, 0.15) is 5.56 Å². The number of nitrogens with zero attached hydrogens (tertiary/aromatic N) is 1. The van der Waals surface area contributed by atoms with Gasteiger partial charge in [-0.25, -0.2) is 8.42 Å². The zero-order valence-electron chi connectivity index (χ0n) is 16.0. The fourth-order valence-corrected chi connectivity index (χ4v) is 3.84. The molecule has 0 aliphatic rings. The van der Waals surface area contributed by atoms with Crippen LogP contribution in [0.2, 0.25) is 0 Å². The summed E-state index contributed by atoms with van der Waals surface area (Å²) in [6.07, 6.45) is 4.27. The van der Waals surface area contributed by atoms with Crippen molar-refractivity contribution in [2.75, 3.05) is 6.26 Å². The molecule has 0 aliphatic carbocycles. The molecule has 6 nitrogen and oxygen atoms in total. The number of pyridine rings is 1. The molecule has 0 radical (unpaired) electrons. The van der Waals surface area contributed by atoms with Crippen LogP contribution in [0, 0.1) is 0 Å². The number of benzene rings is 2. The first kappa shape index (κ1) is 19.0. The van der Waals surface area contributed by atoms with E-state index in [0.29, 0.717) is 28.9 Å². The average Bonchev–Trinajstić information content (AvgIpc) is 3.19. The smallest absolute Gasteiger partial charge is 0.293 e. The van der Waals surface area contributed by atoms with Crippen molar-refractivity contribution < 1.29 is 17.6 Å². The molecule has 2 aromatic carbocycles. The summed E-state index contributed by atoms with van der Waals surface area (Å²) in [6, 6.07) is 16.2. The van der Waals surface area contributed by atoms with Gasteiger partial charge in [-0.2, -0.15) is 0 Å². The van der Waals surface area contributed by atoms with Crippen molar-refractivity contribution in [3.05, 3.63) is 83.0 Å². The first-order chi connectivity index (χ1) is 13.8. The maximum absolute atomic E-state index is 12.3. The van der Waals surface area contributed by atoms with E-state index in [4.69, 9.17) is 9.15 Å². The molecule has 0 saturated heterocycles. The van der Waals surface area contributed by atoms with Gasteiger partial charge in [0, 0.05) is 30.4 Å².